The van der Waals surface area contributed by atoms with Crippen LogP contribution < -0.4 is 5.32 Å². The average Bonchev–Trinajstić information content (AvgIpc) is 2.93. The maximum Gasteiger partial charge on any atom is 0.0522 e. The number of nitrogens with one attached hydrogen (secondary N) is 1. The van der Waals surface area contributed by atoms with E-state index in [1.165, 1.54) is 5.56 Å². The molecule has 1 aromatic heterocycles. The zero-order valence-corrected chi connectivity index (χ0v) is 14.1. The third-order valence-corrected chi connectivity index (χ3v) is 4.75. The fourth-order valence-electron chi connectivity index (χ4n) is 3.19. The van der Waals surface area contributed by atoms with E-state index in [-0.39, 0.29) is 5.54 Å². The van der Waals surface area contributed by atoms with Crippen molar-refractivity contribution in [2.45, 2.75) is 65.6 Å². The van der Waals surface area contributed by atoms with Gasteiger partial charge < -0.3 is 5.32 Å². The van der Waals surface area contributed by atoms with Gasteiger partial charge in [0.15, 0.2) is 0 Å². The molecule has 2 atom stereocenters. The molecular formula is C16H32N4. The van der Waals surface area contributed by atoms with E-state index in [1.54, 1.807) is 0 Å². The highest BCUT2D eigenvalue weighted by Crippen LogP contribution is 2.25. The van der Waals surface area contributed by atoms with Crippen molar-refractivity contribution in [1.29, 1.82) is 0 Å². The molecule has 20 heavy (non-hydrogen) atoms. The van der Waals surface area contributed by atoms with Gasteiger partial charge in [0.1, 0.15) is 0 Å². The minimum absolute atomic E-state index is 0.173. The highest BCUT2D eigenvalue weighted by Gasteiger charge is 2.36. The van der Waals surface area contributed by atoms with Gasteiger partial charge in [-0.25, -0.2) is 0 Å². The van der Waals surface area contributed by atoms with Crippen molar-refractivity contribution in [2.24, 2.45) is 0 Å². The van der Waals surface area contributed by atoms with Gasteiger partial charge in [0, 0.05) is 24.3 Å². The second-order valence-corrected chi connectivity index (χ2v) is 5.63. The predicted molar refractivity (Wildman–Crippen MR) is 86.1 cm³/mol. The number of aromatic nitrogens is 2. The molecule has 0 amide bonds. The summed E-state index contributed by atoms with van der Waals surface area (Å²) in [5.74, 6) is 0. The largest absolute Gasteiger partial charge is 0.315 e. The van der Waals surface area contributed by atoms with Crippen LogP contribution in [-0.2, 0) is 13.0 Å². The monoisotopic (exact) mass is 280 g/mol. The molecule has 0 radical (unpaired) electrons. The second-order valence-electron chi connectivity index (χ2n) is 5.63. The maximum atomic E-state index is 4.39. The smallest absolute Gasteiger partial charge is 0.0522 e. The molecule has 0 fully saturated rings. The van der Waals surface area contributed by atoms with Crippen LogP contribution in [0, 0.1) is 0 Å². The summed E-state index contributed by atoms with van der Waals surface area (Å²) in [6, 6.07) is 0.432. The lowest BCUT2D eigenvalue weighted by Gasteiger charge is -2.45. The molecule has 0 aliphatic carbocycles. The molecule has 0 aliphatic rings. The number of hydrogen-bond donors (Lipinski definition) is 1. The van der Waals surface area contributed by atoms with E-state index in [2.05, 4.69) is 63.2 Å². The Morgan fingerprint density at radius 2 is 1.95 bits per heavy atom. The third-order valence-electron chi connectivity index (χ3n) is 4.75. The predicted octanol–water partition coefficient (Wildman–Crippen LogP) is 2.54. The van der Waals surface area contributed by atoms with Crippen molar-refractivity contribution in [1.82, 2.24) is 20.0 Å². The highest BCUT2D eigenvalue weighted by molar-refractivity contribution is 5.10. The van der Waals surface area contributed by atoms with Crippen molar-refractivity contribution in [3.05, 3.63) is 18.0 Å². The van der Waals surface area contributed by atoms with Gasteiger partial charge in [-0.3, -0.25) is 9.58 Å². The Kier molecular flexibility index (Phi) is 6.69. The van der Waals surface area contributed by atoms with Gasteiger partial charge in [0.2, 0.25) is 0 Å². The number of nitrogens with zero attached hydrogens (tertiary/aromatic N) is 3. The minimum atomic E-state index is 0.173. The van der Waals surface area contributed by atoms with Crippen LogP contribution in [0.1, 0.15) is 46.6 Å². The van der Waals surface area contributed by atoms with Crippen molar-refractivity contribution in [3.63, 3.8) is 0 Å². The molecule has 0 saturated heterocycles. The van der Waals surface area contributed by atoms with Crippen LogP contribution in [0.2, 0.25) is 0 Å². The third kappa shape index (κ3) is 3.61. The van der Waals surface area contributed by atoms with Gasteiger partial charge in [-0.1, -0.05) is 20.8 Å². The lowest BCUT2D eigenvalue weighted by molar-refractivity contribution is 0.0730. The van der Waals surface area contributed by atoms with E-state index in [1.807, 2.05) is 10.9 Å². The fourth-order valence-corrected chi connectivity index (χ4v) is 3.19. The summed E-state index contributed by atoms with van der Waals surface area (Å²) in [6.07, 6.45) is 6.34. The molecule has 2 unspecified atom stereocenters. The van der Waals surface area contributed by atoms with E-state index >= 15 is 0 Å². The standard InChI is InChI=1S/C16H32N4/c1-7-16(5,19(8-2)9-3)15(17-6)11-14-12-18-20(10-4)13-14/h12-13,15,17H,7-11H2,1-6H3. The Bertz CT molecular complexity index is 384. The van der Waals surface area contributed by atoms with Crippen molar-refractivity contribution in [3.8, 4) is 0 Å². The van der Waals surface area contributed by atoms with E-state index in [0.717, 1.165) is 32.5 Å². The van der Waals surface area contributed by atoms with Crippen molar-refractivity contribution < 1.29 is 0 Å². The molecule has 0 bridgehead atoms. The molecule has 4 heteroatoms. The summed E-state index contributed by atoms with van der Waals surface area (Å²) in [7, 11) is 2.08. The molecule has 1 N–H and O–H groups in total. The van der Waals surface area contributed by atoms with Crippen LogP contribution in [0.3, 0.4) is 0 Å². The van der Waals surface area contributed by atoms with Gasteiger partial charge in [-0.15, -0.1) is 0 Å². The fraction of sp³-hybridized carbons (Fsp3) is 0.812. The first kappa shape index (κ1) is 17.2. The molecule has 4 nitrogen and oxygen atoms in total. The number of likely N-dealkylation sites (N-methyl/N-ethyl adjacent to an activating group) is 2. The van der Waals surface area contributed by atoms with Gasteiger partial charge in [-0.2, -0.15) is 5.10 Å². The molecule has 1 aromatic rings. The minimum Gasteiger partial charge on any atom is -0.315 e. The summed E-state index contributed by atoms with van der Waals surface area (Å²) in [5.41, 5.74) is 1.49. The summed E-state index contributed by atoms with van der Waals surface area (Å²) < 4.78 is 2.00. The topological polar surface area (TPSA) is 33.1 Å². The molecule has 116 valence electrons. The lowest BCUT2D eigenvalue weighted by atomic mass is 9.84. The van der Waals surface area contributed by atoms with Gasteiger partial charge in [0.25, 0.3) is 0 Å². The summed E-state index contributed by atoms with van der Waals surface area (Å²) in [4.78, 5) is 2.57. The second kappa shape index (κ2) is 7.79. The highest BCUT2D eigenvalue weighted by atomic mass is 15.3. The normalized spacial score (nSPS) is 16.4. The van der Waals surface area contributed by atoms with Crippen LogP contribution >= 0.6 is 0 Å². The molecule has 0 aliphatic heterocycles. The summed E-state index contributed by atoms with van der Waals surface area (Å²) >= 11 is 0. The molecule has 1 rings (SSSR count). The van der Waals surface area contributed by atoms with E-state index in [0.29, 0.717) is 6.04 Å². The molecule has 1 heterocycles. The number of rotatable bonds is 9. The average molecular weight is 280 g/mol. The Morgan fingerprint density at radius 3 is 2.35 bits per heavy atom. The van der Waals surface area contributed by atoms with E-state index in [9.17, 15) is 0 Å². The SMILES string of the molecule is CCN(CC)C(C)(CC)C(Cc1cnn(CC)c1)NC. The maximum absolute atomic E-state index is 4.39. The molecular weight excluding hydrogens is 248 g/mol. The van der Waals surface area contributed by atoms with Crippen molar-refractivity contribution >= 4 is 0 Å². The zero-order chi connectivity index (χ0) is 15.2. The van der Waals surface area contributed by atoms with E-state index in [4.69, 9.17) is 0 Å². The summed E-state index contributed by atoms with van der Waals surface area (Å²) in [6.45, 7) is 14.4. The Labute approximate surface area is 124 Å². The van der Waals surface area contributed by atoms with Crippen LogP contribution in [-0.4, -0.2) is 46.4 Å². The first-order chi connectivity index (χ1) is 9.55. The van der Waals surface area contributed by atoms with Crippen molar-refractivity contribution in [2.75, 3.05) is 20.1 Å². The molecule has 0 spiro atoms. The Balaban J connectivity index is 2.91. The summed E-state index contributed by atoms with van der Waals surface area (Å²) in [5, 5.41) is 7.93. The first-order valence-electron chi connectivity index (χ1n) is 7.99. The van der Waals surface area contributed by atoms with Crippen LogP contribution in [0.15, 0.2) is 12.4 Å². The molecule has 0 aromatic carbocycles. The van der Waals surface area contributed by atoms with Gasteiger partial charge >= 0.3 is 0 Å². The Hall–Kier alpha value is -0.870. The van der Waals surface area contributed by atoms with Crippen LogP contribution in [0.4, 0.5) is 0 Å². The quantitative estimate of drug-likeness (QED) is 0.754. The Morgan fingerprint density at radius 1 is 1.30 bits per heavy atom. The van der Waals surface area contributed by atoms with Gasteiger partial charge in [-0.05, 0) is 52.4 Å². The van der Waals surface area contributed by atoms with Gasteiger partial charge in [0.05, 0.1) is 6.20 Å². The zero-order valence-electron chi connectivity index (χ0n) is 14.1. The van der Waals surface area contributed by atoms with Crippen LogP contribution in [0.5, 0.6) is 0 Å². The number of hydrogen-bond acceptors (Lipinski definition) is 3. The van der Waals surface area contributed by atoms with E-state index < -0.39 is 0 Å². The first-order valence-corrected chi connectivity index (χ1v) is 7.99. The molecule has 0 saturated carbocycles. The lowest BCUT2D eigenvalue weighted by Crippen LogP contribution is -2.59. The van der Waals surface area contributed by atoms with Crippen LogP contribution in [0.25, 0.3) is 0 Å². The number of aryl methyl sites for hydroxylation is 1.